The fraction of sp³-hybridized carbons (Fsp3) is 0.538. The van der Waals surface area contributed by atoms with Crippen LogP contribution in [0.25, 0.3) is 0 Å². The number of benzene rings is 1. The zero-order valence-corrected chi connectivity index (χ0v) is 11.0. The van der Waals surface area contributed by atoms with Gasteiger partial charge in [0, 0.05) is 4.47 Å². The molecule has 2 nitrogen and oxygen atoms in total. The van der Waals surface area contributed by atoms with Crippen LogP contribution in [0.2, 0.25) is 0 Å². The smallest absolute Gasteiger partial charge is 0.124 e. The quantitative estimate of drug-likeness (QED) is 0.902. The Labute approximate surface area is 105 Å². The Morgan fingerprint density at radius 1 is 1.31 bits per heavy atom. The van der Waals surface area contributed by atoms with E-state index in [1.54, 1.807) is 0 Å². The van der Waals surface area contributed by atoms with Gasteiger partial charge in [0.2, 0.25) is 0 Å². The van der Waals surface area contributed by atoms with Crippen molar-refractivity contribution in [2.45, 2.75) is 44.8 Å². The first-order valence-electron chi connectivity index (χ1n) is 5.77. The first kappa shape index (κ1) is 11.9. The molecule has 0 radical (unpaired) electrons. The van der Waals surface area contributed by atoms with Gasteiger partial charge in [0.15, 0.2) is 0 Å². The summed E-state index contributed by atoms with van der Waals surface area (Å²) in [5, 5.41) is 9.82. The molecule has 1 aliphatic rings. The molecule has 88 valence electrons. The van der Waals surface area contributed by atoms with Crippen LogP contribution in [0.1, 0.15) is 31.2 Å². The second-order valence-corrected chi connectivity index (χ2v) is 5.27. The standard InChI is InChI=1S/C13H17BrO2/c1-9-8-10(6-7-11(9)14)16-13-5-3-2-4-12(13)15/h6-8,12-13,15H,2-5H2,1H3/t12-,13-/m1/s1. The highest BCUT2D eigenvalue weighted by atomic mass is 79.9. The Kier molecular flexibility index (Phi) is 3.87. The number of rotatable bonds is 2. The molecule has 0 aromatic heterocycles. The van der Waals surface area contributed by atoms with E-state index in [4.69, 9.17) is 4.74 Å². The van der Waals surface area contributed by atoms with Crippen molar-refractivity contribution in [3.63, 3.8) is 0 Å². The lowest BCUT2D eigenvalue weighted by atomic mass is 9.95. The highest BCUT2D eigenvalue weighted by Crippen LogP contribution is 2.26. The van der Waals surface area contributed by atoms with Crippen LogP contribution in [-0.2, 0) is 0 Å². The third-order valence-corrected chi connectivity index (χ3v) is 3.97. The van der Waals surface area contributed by atoms with E-state index in [0.29, 0.717) is 0 Å². The molecule has 0 aliphatic heterocycles. The summed E-state index contributed by atoms with van der Waals surface area (Å²) in [6.45, 7) is 2.04. The van der Waals surface area contributed by atoms with Gasteiger partial charge < -0.3 is 9.84 Å². The Balaban J connectivity index is 2.05. The van der Waals surface area contributed by atoms with Crippen molar-refractivity contribution in [2.75, 3.05) is 0 Å². The van der Waals surface area contributed by atoms with Crippen molar-refractivity contribution in [1.29, 1.82) is 0 Å². The second-order valence-electron chi connectivity index (χ2n) is 4.42. The highest BCUT2D eigenvalue weighted by molar-refractivity contribution is 9.10. The average molecular weight is 285 g/mol. The molecule has 3 heteroatoms. The number of hydrogen-bond donors (Lipinski definition) is 1. The maximum absolute atomic E-state index is 9.82. The second kappa shape index (κ2) is 5.19. The summed E-state index contributed by atoms with van der Waals surface area (Å²) >= 11 is 3.46. The molecule has 1 fully saturated rings. The van der Waals surface area contributed by atoms with Crippen molar-refractivity contribution in [3.8, 4) is 5.75 Å². The summed E-state index contributed by atoms with van der Waals surface area (Å²) in [4.78, 5) is 0. The zero-order valence-electron chi connectivity index (χ0n) is 9.45. The topological polar surface area (TPSA) is 29.5 Å². The van der Waals surface area contributed by atoms with Crippen LogP contribution < -0.4 is 4.74 Å². The third-order valence-electron chi connectivity index (χ3n) is 3.08. The Morgan fingerprint density at radius 2 is 2.06 bits per heavy atom. The minimum absolute atomic E-state index is 0.0330. The van der Waals surface area contributed by atoms with E-state index in [2.05, 4.69) is 15.9 Å². The fourth-order valence-electron chi connectivity index (χ4n) is 2.08. The third kappa shape index (κ3) is 2.77. The van der Waals surface area contributed by atoms with Crippen molar-refractivity contribution >= 4 is 15.9 Å². The molecule has 2 atom stereocenters. The van der Waals surface area contributed by atoms with Crippen LogP contribution in [-0.4, -0.2) is 17.3 Å². The van der Waals surface area contributed by atoms with Crippen LogP contribution in [0.15, 0.2) is 22.7 Å². The Hall–Kier alpha value is -0.540. The molecular formula is C13H17BrO2. The van der Waals surface area contributed by atoms with E-state index in [-0.39, 0.29) is 12.2 Å². The largest absolute Gasteiger partial charge is 0.488 e. The fourth-order valence-corrected chi connectivity index (χ4v) is 2.33. The Bertz CT molecular complexity index is 365. The van der Waals surface area contributed by atoms with Crippen molar-refractivity contribution < 1.29 is 9.84 Å². The summed E-state index contributed by atoms with van der Waals surface area (Å²) in [6.07, 6.45) is 3.74. The van der Waals surface area contributed by atoms with Crippen LogP contribution >= 0.6 is 15.9 Å². The molecule has 1 saturated carbocycles. The molecule has 0 heterocycles. The van der Waals surface area contributed by atoms with E-state index in [9.17, 15) is 5.11 Å². The number of aliphatic hydroxyl groups excluding tert-OH is 1. The molecule has 1 N–H and O–H groups in total. The molecule has 16 heavy (non-hydrogen) atoms. The summed E-state index contributed by atoms with van der Waals surface area (Å²) in [7, 11) is 0. The monoisotopic (exact) mass is 284 g/mol. The van der Waals surface area contributed by atoms with Crippen molar-refractivity contribution in [2.24, 2.45) is 0 Å². The molecule has 0 bridgehead atoms. The van der Waals surface area contributed by atoms with Crippen molar-refractivity contribution in [3.05, 3.63) is 28.2 Å². The lowest BCUT2D eigenvalue weighted by Crippen LogP contribution is -2.34. The van der Waals surface area contributed by atoms with E-state index in [1.165, 1.54) is 0 Å². The molecule has 2 rings (SSSR count). The van der Waals surface area contributed by atoms with Gasteiger partial charge in [0.05, 0.1) is 6.10 Å². The molecule has 0 unspecified atom stereocenters. The number of halogens is 1. The van der Waals surface area contributed by atoms with Crippen LogP contribution in [0.3, 0.4) is 0 Å². The first-order chi connectivity index (χ1) is 7.66. The Morgan fingerprint density at radius 3 is 2.75 bits per heavy atom. The average Bonchev–Trinajstić information content (AvgIpc) is 2.27. The van der Waals surface area contributed by atoms with Crippen molar-refractivity contribution in [1.82, 2.24) is 0 Å². The van der Waals surface area contributed by atoms with E-state index < -0.39 is 0 Å². The maximum atomic E-state index is 9.82. The highest BCUT2D eigenvalue weighted by Gasteiger charge is 2.24. The molecule has 1 aliphatic carbocycles. The zero-order chi connectivity index (χ0) is 11.5. The van der Waals surface area contributed by atoms with E-state index >= 15 is 0 Å². The first-order valence-corrected chi connectivity index (χ1v) is 6.57. The predicted octanol–water partition coefficient (Wildman–Crippen LogP) is 3.44. The SMILES string of the molecule is Cc1cc(O[C@@H]2CCCC[C@H]2O)ccc1Br. The number of aryl methyl sites for hydroxylation is 1. The van der Waals surface area contributed by atoms with Gasteiger partial charge in [-0.25, -0.2) is 0 Å². The molecule has 0 saturated heterocycles. The van der Waals surface area contributed by atoms with Crippen LogP contribution in [0, 0.1) is 6.92 Å². The summed E-state index contributed by atoms with van der Waals surface area (Å²) in [6, 6.07) is 5.93. The summed E-state index contributed by atoms with van der Waals surface area (Å²) in [5.41, 5.74) is 1.16. The molecule has 1 aromatic rings. The normalized spacial score (nSPS) is 25.4. The minimum atomic E-state index is -0.308. The van der Waals surface area contributed by atoms with Gasteiger partial charge in [-0.3, -0.25) is 0 Å². The molecule has 1 aromatic carbocycles. The van der Waals surface area contributed by atoms with Gasteiger partial charge in [0.25, 0.3) is 0 Å². The minimum Gasteiger partial charge on any atom is -0.488 e. The van der Waals surface area contributed by atoms with Crippen LogP contribution in [0.4, 0.5) is 0 Å². The van der Waals surface area contributed by atoms with Gasteiger partial charge >= 0.3 is 0 Å². The number of aliphatic hydroxyl groups is 1. The summed E-state index contributed by atoms with van der Waals surface area (Å²) < 4.78 is 6.92. The van der Waals surface area contributed by atoms with Gasteiger partial charge in [0.1, 0.15) is 11.9 Å². The molecular weight excluding hydrogens is 268 g/mol. The van der Waals surface area contributed by atoms with Gasteiger partial charge in [-0.05, 0) is 49.9 Å². The number of hydrogen-bond acceptors (Lipinski definition) is 2. The van der Waals surface area contributed by atoms with Gasteiger partial charge in [-0.2, -0.15) is 0 Å². The van der Waals surface area contributed by atoms with Gasteiger partial charge in [-0.15, -0.1) is 0 Å². The summed E-state index contributed by atoms with van der Waals surface area (Å²) in [5.74, 6) is 0.853. The number of ether oxygens (including phenoxy) is 1. The lowest BCUT2D eigenvalue weighted by molar-refractivity contribution is 0.00684. The molecule has 0 spiro atoms. The van der Waals surface area contributed by atoms with Crippen LogP contribution in [0.5, 0.6) is 5.75 Å². The van der Waals surface area contributed by atoms with Gasteiger partial charge in [-0.1, -0.05) is 22.4 Å². The maximum Gasteiger partial charge on any atom is 0.124 e. The molecule has 0 amide bonds. The lowest BCUT2D eigenvalue weighted by Gasteiger charge is -2.28. The van der Waals surface area contributed by atoms with E-state index in [1.807, 2.05) is 25.1 Å². The van der Waals surface area contributed by atoms with E-state index in [0.717, 1.165) is 41.5 Å². The predicted molar refractivity (Wildman–Crippen MR) is 67.8 cm³/mol.